The third-order valence-corrected chi connectivity index (χ3v) is 6.15. The second-order valence-corrected chi connectivity index (χ2v) is 8.70. The van der Waals surface area contributed by atoms with E-state index in [2.05, 4.69) is 30.8 Å². The van der Waals surface area contributed by atoms with Crippen molar-refractivity contribution in [3.8, 4) is 0 Å². The summed E-state index contributed by atoms with van der Waals surface area (Å²) < 4.78 is 25.6. The number of hydrogen-bond donors (Lipinski definition) is 0. The van der Waals surface area contributed by atoms with Crippen molar-refractivity contribution in [1.82, 2.24) is 14.3 Å². The van der Waals surface area contributed by atoms with Crippen LogP contribution in [-0.2, 0) is 10.0 Å². The van der Waals surface area contributed by atoms with E-state index in [1.54, 1.807) is 13.2 Å². The van der Waals surface area contributed by atoms with E-state index in [9.17, 15) is 8.42 Å². The molecule has 0 amide bonds. The Bertz CT molecular complexity index is 603. The molecule has 1 aliphatic heterocycles. The van der Waals surface area contributed by atoms with Crippen LogP contribution in [0.2, 0.25) is 0 Å². The molecule has 118 valence electrons. The molecule has 0 saturated carbocycles. The van der Waals surface area contributed by atoms with Crippen molar-refractivity contribution in [2.24, 2.45) is 0 Å². The highest BCUT2D eigenvalue weighted by molar-refractivity contribution is 9.10. The van der Waals surface area contributed by atoms with E-state index in [4.69, 9.17) is 0 Å². The minimum atomic E-state index is -3.13. The van der Waals surface area contributed by atoms with Gasteiger partial charge < -0.3 is 4.90 Å². The van der Waals surface area contributed by atoms with Gasteiger partial charge in [-0.3, -0.25) is 0 Å². The fourth-order valence-corrected chi connectivity index (χ4v) is 3.90. The molecular weight excluding hydrogens is 376 g/mol. The third kappa shape index (κ3) is 4.08. The number of sulfonamides is 1. The van der Waals surface area contributed by atoms with Crippen LogP contribution >= 0.6 is 27.7 Å². The summed E-state index contributed by atoms with van der Waals surface area (Å²) in [5.74, 6) is 0.884. The number of piperidine rings is 1. The highest BCUT2D eigenvalue weighted by Gasteiger charge is 2.28. The van der Waals surface area contributed by atoms with Crippen LogP contribution in [0, 0.1) is 0 Å². The fraction of sp³-hybridized carbons (Fsp3) is 0.667. The van der Waals surface area contributed by atoms with Crippen molar-refractivity contribution in [1.29, 1.82) is 0 Å². The SMILES string of the molecule is CSc1ncc(Br)c(N2CCC(N(C)S(C)(=O)=O)CC2)n1. The predicted molar refractivity (Wildman–Crippen MR) is 89.4 cm³/mol. The van der Waals surface area contributed by atoms with Crippen LogP contribution in [0.4, 0.5) is 5.82 Å². The first-order valence-electron chi connectivity index (χ1n) is 6.57. The molecule has 6 nitrogen and oxygen atoms in total. The highest BCUT2D eigenvalue weighted by Crippen LogP contribution is 2.28. The van der Waals surface area contributed by atoms with Crippen molar-refractivity contribution in [2.75, 3.05) is 37.5 Å². The average molecular weight is 395 g/mol. The van der Waals surface area contributed by atoms with E-state index in [1.807, 2.05) is 6.26 Å². The van der Waals surface area contributed by atoms with Crippen molar-refractivity contribution >= 4 is 43.5 Å². The molecule has 0 unspecified atom stereocenters. The maximum atomic E-state index is 11.6. The second kappa shape index (κ2) is 6.80. The van der Waals surface area contributed by atoms with Crippen molar-refractivity contribution < 1.29 is 8.42 Å². The van der Waals surface area contributed by atoms with E-state index in [0.717, 1.165) is 41.4 Å². The molecule has 0 aliphatic carbocycles. The Labute approximate surface area is 138 Å². The van der Waals surface area contributed by atoms with E-state index >= 15 is 0 Å². The van der Waals surface area contributed by atoms with Gasteiger partial charge in [0.1, 0.15) is 5.82 Å². The fourth-order valence-electron chi connectivity index (χ4n) is 2.37. The first-order chi connectivity index (χ1) is 9.82. The molecule has 9 heteroatoms. The number of aromatic nitrogens is 2. The first kappa shape index (κ1) is 17.0. The zero-order valence-electron chi connectivity index (χ0n) is 12.3. The van der Waals surface area contributed by atoms with Gasteiger partial charge in [-0.2, -0.15) is 0 Å². The normalized spacial score (nSPS) is 17.5. The molecule has 0 spiro atoms. The zero-order valence-corrected chi connectivity index (χ0v) is 15.5. The summed E-state index contributed by atoms with van der Waals surface area (Å²) in [4.78, 5) is 10.9. The Balaban J connectivity index is 2.08. The summed E-state index contributed by atoms with van der Waals surface area (Å²) in [6.45, 7) is 1.57. The number of thioether (sulfide) groups is 1. The number of hydrogen-bond acceptors (Lipinski definition) is 6. The molecule has 1 aromatic rings. The van der Waals surface area contributed by atoms with Crippen LogP contribution in [0.1, 0.15) is 12.8 Å². The first-order valence-corrected chi connectivity index (χ1v) is 10.4. The zero-order chi connectivity index (χ0) is 15.6. The molecular formula is C12H19BrN4O2S2. The Morgan fingerprint density at radius 1 is 1.43 bits per heavy atom. The second-order valence-electron chi connectivity index (χ2n) is 5.03. The van der Waals surface area contributed by atoms with Gasteiger partial charge in [-0.25, -0.2) is 22.7 Å². The van der Waals surface area contributed by atoms with Crippen LogP contribution in [0.3, 0.4) is 0 Å². The van der Waals surface area contributed by atoms with Gasteiger partial charge in [-0.05, 0) is 35.0 Å². The summed E-state index contributed by atoms with van der Waals surface area (Å²) in [7, 11) is -1.47. The Morgan fingerprint density at radius 3 is 2.57 bits per heavy atom. The maximum absolute atomic E-state index is 11.6. The lowest BCUT2D eigenvalue weighted by Gasteiger charge is -2.36. The van der Waals surface area contributed by atoms with E-state index in [1.165, 1.54) is 22.3 Å². The maximum Gasteiger partial charge on any atom is 0.211 e. The molecule has 0 N–H and O–H groups in total. The molecule has 2 heterocycles. The molecule has 2 rings (SSSR count). The van der Waals surface area contributed by atoms with Gasteiger partial charge in [0.15, 0.2) is 5.16 Å². The van der Waals surface area contributed by atoms with E-state index < -0.39 is 10.0 Å². The standard InChI is InChI=1S/C12H19BrN4O2S2/c1-16(21(3,18)19)9-4-6-17(7-5-9)11-10(13)8-14-12(15-11)20-2/h8-9H,4-7H2,1-3H3. The summed E-state index contributed by atoms with van der Waals surface area (Å²) >= 11 is 5.00. The monoisotopic (exact) mass is 394 g/mol. The van der Waals surface area contributed by atoms with Gasteiger partial charge in [-0.1, -0.05) is 11.8 Å². The van der Waals surface area contributed by atoms with Crippen LogP contribution in [0.15, 0.2) is 15.8 Å². The van der Waals surface area contributed by atoms with Gasteiger partial charge in [-0.15, -0.1) is 0 Å². The Morgan fingerprint density at radius 2 is 2.05 bits per heavy atom. The molecule has 1 fully saturated rings. The average Bonchev–Trinajstić information content (AvgIpc) is 2.46. The predicted octanol–water partition coefficient (Wildman–Crippen LogP) is 1.82. The molecule has 0 bridgehead atoms. The summed E-state index contributed by atoms with van der Waals surface area (Å²) in [5.41, 5.74) is 0. The lowest BCUT2D eigenvalue weighted by Crippen LogP contribution is -2.45. The van der Waals surface area contributed by atoms with Gasteiger partial charge in [0.05, 0.1) is 10.7 Å². The Kier molecular flexibility index (Phi) is 5.50. The lowest BCUT2D eigenvalue weighted by atomic mass is 10.1. The van der Waals surface area contributed by atoms with Crippen LogP contribution < -0.4 is 4.90 Å². The molecule has 0 aromatic carbocycles. The summed E-state index contributed by atoms with van der Waals surface area (Å²) in [6.07, 6.45) is 6.57. The third-order valence-electron chi connectivity index (χ3n) is 3.69. The van der Waals surface area contributed by atoms with Crippen LogP contribution in [0.25, 0.3) is 0 Å². The molecule has 0 radical (unpaired) electrons. The van der Waals surface area contributed by atoms with Crippen molar-refractivity contribution in [3.63, 3.8) is 0 Å². The van der Waals surface area contributed by atoms with Gasteiger partial charge in [0.2, 0.25) is 10.0 Å². The van der Waals surface area contributed by atoms with Gasteiger partial charge in [0.25, 0.3) is 0 Å². The van der Waals surface area contributed by atoms with E-state index in [-0.39, 0.29) is 6.04 Å². The lowest BCUT2D eigenvalue weighted by molar-refractivity contribution is 0.313. The molecule has 1 saturated heterocycles. The largest absolute Gasteiger partial charge is 0.355 e. The smallest absolute Gasteiger partial charge is 0.211 e. The van der Waals surface area contributed by atoms with Crippen LogP contribution in [0.5, 0.6) is 0 Å². The van der Waals surface area contributed by atoms with Crippen LogP contribution in [-0.4, -0.2) is 61.4 Å². The molecule has 1 aliphatic rings. The van der Waals surface area contributed by atoms with Crippen molar-refractivity contribution in [3.05, 3.63) is 10.7 Å². The van der Waals surface area contributed by atoms with E-state index in [0.29, 0.717) is 0 Å². The minimum Gasteiger partial charge on any atom is -0.355 e. The quantitative estimate of drug-likeness (QED) is 0.573. The number of nitrogens with zero attached hydrogens (tertiary/aromatic N) is 4. The molecule has 0 atom stereocenters. The number of rotatable bonds is 4. The number of halogens is 1. The topological polar surface area (TPSA) is 66.4 Å². The van der Waals surface area contributed by atoms with Crippen molar-refractivity contribution in [2.45, 2.75) is 24.0 Å². The number of anilines is 1. The highest BCUT2D eigenvalue weighted by atomic mass is 79.9. The summed E-state index contributed by atoms with van der Waals surface area (Å²) in [6, 6.07) is 0.0666. The molecule has 1 aromatic heterocycles. The minimum absolute atomic E-state index is 0.0666. The summed E-state index contributed by atoms with van der Waals surface area (Å²) in [5, 5.41) is 0.739. The van der Waals surface area contributed by atoms with Gasteiger partial charge >= 0.3 is 0 Å². The Hall–Kier alpha value is -0.380. The molecule has 21 heavy (non-hydrogen) atoms. The van der Waals surface area contributed by atoms with Gasteiger partial charge in [0, 0.05) is 32.4 Å².